The maximum Gasteiger partial charge on any atom is 0.416 e. The Labute approximate surface area is 225 Å². The van der Waals surface area contributed by atoms with Gasteiger partial charge in [0.15, 0.2) is 0 Å². The van der Waals surface area contributed by atoms with Crippen molar-refractivity contribution in [1.29, 1.82) is 0 Å². The van der Waals surface area contributed by atoms with Crippen LogP contribution in [0.3, 0.4) is 0 Å². The molecule has 6 nitrogen and oxygen atoms in total. The number of hydrogen-bond donors (Lipinski definition) is 0. The van der Waals surface area contributed by atoms with Crippen LogP contribution in [0.1, 0.15) is 30.5 Å². The molecule has 38 heavy (non-hydrogen) atoms. The molecule has 0 radical (unpaired) electrons. The standard InChI is InChI=1S/C26H23ClF4N4O2S/c1-14(2)33-12-20(28)22(13-33)35-24(36)23(38-25(35)37)8-15-3-6-21-17(7-15)10-32-34(21)11-16-4-5-18(27)9-19(16)26(29,30)31/h3-10,14,20,22H,11-13H2,1-2H3/b23-8-/t20-,22-/m1/s1. The molecule has 0 spiro atoms. The van der Waals surface area contributed by atoms with E-state index in [1.807, 2.05) is 18.7 Å². The van der Waals surface area contributed by atoms with Crippen molar-refractivity contribution < 1.29 is 27.2 Å². The van der Waals surface area contributed by atoms with Crippen LogP contribution >= 0.6 is 23.4 Å². The van der Waals surface area contributed by atoms with E-state index in [4.69, 9.17) is 11.6 Å². The first kappa shape index (κ1) is 26.7. The van der Waals surface area contributed by atoms with E-state index in [-0.39, 0.29) is 34.6 Å². The summed E-state index contributed by atoms with van der Waals surface area (Å²) in [5.74, 6) is -0.531. The van der Waals surface area contributed by atoms with Gasteiger partial charge in [-0.1, -0.05) is 23.7 Å². The second-order valence-corrected chi connectivity index (χ2v) is 11.0. The van der Waals surface area contributed by atoms with Gasteiger partial charge in [0.1, 0.15) is 6.17 Å². The molecule has 2 aromatic carbocycles. The molecule has 5 rings (SSSR count). The quantitative estimate of drug-likeness (QED) is 0.271. The number of fused-ring (bicyclic) bond motifs is 1. The lowest BCUT2D eigenvalue weighted by Crippen LogP contribution is -2.44. The number of nitrogens with zero attached hydrogens (tertiary/aromatic N) is 4. The zero-order valence-electron chi connectivity index (χ0n) is 20.4. The molecule has 0 bridgehead atoms. The van der Waals surface area contributed by atoms with Crippen LogP contribution in [0.15, 0.2) is 47.5 Å². The summed E-state index contributed by atoms with van der Waals surface area (Å²) < 4.78 is 56.7. The van der Waals surface area contributed by atoms with E-state index in [1.165, 1.54) is 23.0 Å². The van der Waals surface area contributed by atoms with Crippen LogP contribution in [-0.4, -0.2) is 62.1 Å². The number of carbonyl (C=O) groups excluding carboxylic acids is 2. The van der Waals surface area contributed by atoms with Crippen LogP contribution in [0.25, 0.3) is 17.0 Å². The number of rotatable bonds is 5. The van der Waals surface area contributed by atoms with Crippen molar-refractivity contribution >= 4 is 51.5 Å². The van der Waals surface area contributed by atoms with Crippen molar-refractivity contribution in [3.8, 4) is 0 Å². The summed E-state index contributed by atoms with van der Waals surface area (Å²) in [7, 11) is 0. The molecule has 0 aliphatic carbocycles. The molecule has 3 heterocycles. The molecule has 2 aliphatic heterocycles. The normalized spacial score (nSPS) is 22.1. The smallest absolute Gasteiger partial charge is 0.296 e. The van der Waals surface area contributed by atoms with Gasteiger partial charge in [-0.25, -0.2) is 4.39 Å². The van der Waals surface area contributed by atoms with E-state index in [1.54, 1.807) is 24.3 Å². The van der Waals surface area contributed by atoms with Gasteiger partial charge in [0.25, 0.3) is 11.1 Å². The molecule has 2 saturated heterocycles. The van der Waals surface area contributed by atoms with Gasteiger partial charge < -0.3 is 0 Å². The molecule has 2 atom stereocenters. The van der Waals surface area contributed by atoms with Crippen LogP contribution < -0.4 is 0 Å². The van der Waals surface area contributed by atoms with Crippen LogP contribution in [0, 0.1) is 0 Å². The highest BCUT2D eigenvalue weighted by Gasteiger charge is 2.47. The van der Waals surface area contributed by atoms with Gasteiger partial charge >= 0.3 is 6.18 Å². The molecule has 0 N–H and O–H groups in total. The summed E-state index contributed by atoms with van der Waals surface area (Å²) in [6, 6.07) is 8.01. The van der Waals surface area contributed by atoms with E-state index < -0.39 is 35.1 Å². The second kappa shape index (κ2) is 10.0. The zero-order chi connectivity index (χ0) is 27.4. The molecule has 2 aliphatic rings. The fourth-order valence-corrected chi connectivity index (χ4v) is 5.85. The van der Waals surface area contributed by atoms with Gasteiger partial charge in [0, 0.05) is 29.5 Å². The molecule has 200 valence electrons. The van der Waals surface area contributed by atoms with Crippen LogP contribution in [0.2, 0.25) is 5.02 Å². The topological polar surface area (TPSA) is 58.4 Å². The number of alkyl halides is 4. The summed E-state index contributed by atoms with van der Waals surface area (Å²) in [5.41, 5.74) is 0.407. The number of likely N-dealkylation sites (tertiary alicyclic amines) is 1. The first-order valence-electron chi connectivity index (χ1n) is 11.9. The van der Waals surface area contributed by atoms with Crippen LogP contribution in [-0.2, 0) is 17.5 Å². The Hall–Kier alpha value is -2.89. The molecule has 1 aromatic heterocycles. The molecule has 2 amide bonds. The van der Waals surface area contributed by atoms with Crippen molar-refractivity contribution in [2.75, 3.05) is 13.1 Å². The number of imide groups is 1. The Morgan fingerprint density at radius 3 is 2.61 bits per heavy atom. The number of hydrogen-bond acceptors (Lipinski definition) is 5. The largest absolute Gasteiger partial charge is 0.416 e. The van der Waals surface area contributed by atoms with Crippen molar-refractivity contribution in [2.45, 2.75) is 44.8 Å². The number of amides is 2. The molecular weight excluding hydrogens is 544 g/mol. The van der Waals surface area contributed by atoms with Crippen molar-refractivity contribution in [2.24, 2.45) is 0 Å². The molecule has 0 unspecified atom stereocenters. The van der Waals surface area contributed by atoms with Gasteiger partial charge in [-0.05, 0) is 67.1 Å². The van der Waals surface area contributed by atoms with E-state index in [0.29, 0.717) is 23.0 Å². The average Bonchev–Trinajstić information content (AvgIpc) is 3.50. The summed E-state index contributed by atoms with van der Waals surface area (Å²) in [5, 5.41) is 4.38. The fraction of sp³-hybridized carbons (Fsp3) is 0.346. The lowest BCUT2D eigenvalue weighted by atomic mass is 10.1. The Bertz CT molecular complexity index is 1450. The highest BCUT2D eigenvalue weighted by Crippen LogP contribution is 2.37. The van der Waals surface area contributed by atoms with Gasteiger partial charge in [-0.15, -0.1) is 0 Å². The van der Waals surface area contributed by atoms with Crippen molar-refractivity contribution in [3.63, 3.8) is 0 Å². The number of carbonyl (C=O) groups is 2. The number of aromatic nitrogens is 2. The number of halogens is 5. The number of thioether (sulfide) groups is 1. The minimum absolute atomic E-state index is 0.00679. The Balaban J connectivity index is 1.38. The lowest BCUT2D eigenvalue weighted by molar-refractivity contribution is -0.138. The van der Waals surface area contributed by atoms with Crippen molar-refractivity contribution in [1.82, 2.24) is 19.6 Å². The monoisotopic (exact) mass is 566 g/mol. The molecule has 3 aromatic rings. The van der Waals surface area contributed by atoms with Crippen LogP contribution in [0.5, 0.6) is 0 Å². The highest BCUT2D eigenvalue weighted by molar-refractivity contribution is 8.18. The summed E-state index contributed by atoms with van der Waals surface area (Å²) in [4.78, 5) is 28.8. The predicted octanol–water partition coefficient (Wildman–Crippen LogP) is 6.22. The zero-order valence-corrected chi connectivity index (χ0v) is 21.9. The average molecular weight is 567 g/mol. The van der Waals surface area contributed by atoms with E-state index in [9.17, 15) is 27.2 Å². The molecule has 12 heteroatoms. The third-order valence-corrected chi connectivity index (χ3v) is 7.91. The fourth-order valence-electron chi connectivity index (χ4n) is 4.79. The predicted molar refractivity (Wildman–Crippen MR) is 138 cm³/mol. The first-order chi connectivity index (χ1) is 17.9. The molecular formula is C26H23ClF4N4O2S. The molecule has 0 saturated carbocycles. The van der Waals surface area contributed by atoms with E-state index in [0.717, 1.165) is 22.7 Å². The van der Waals surface area contributed by atoms with Gasteiger partial charge in [-0.3, -0.25) is 24.1 Å². The maximum absolute atomic E-state index is 14.7. The summed E-state index contributed by atoms with van der Waals surface area (Å²) >= 11 is 6.55. The summed E-state index contributed by atoms with van der Waals surface area (Å²) in [6.07, 6.45) is -2.79. The number of benzene rings is 2. The minimum Gasteiger partial charge on any atom is -0.296 e. The van der Waals surface area contributed by atoms with Gasteiger partial charge in [0.2, 0.25) is 0 Å². The first-order valence-corrected chi connectivity index (χ1v) is 13.1. The van der Waals surface area contributed by atoms with Gasteiger partial charge in [-0.2, -0.15) is 18.3 Å². The van der Waals surface area contributed by atoms with E-state index in [2.05, 4.69) is 5.10 Å². The Morgan fingerprint density at radius 2 is 1.92 bits per heavy atom. The minimum atomic E-state index is -4.56. The third-order valence-electron chi connectivity index (χ3n) is 6.79. The Kier molecular flexibility index (Phi) is 7.04. The maximum atomic E-state index is 14.7. The highest BCUT2D eigenvalue weighted by atomic mass is 35.5. The van der Waals surface area contributed by atoms with Crippen LogP contribution in [0.4, 0.5) is 22.4 Å². The molecule has 2 fully saturated rings. The third kappa shape index (κ3) is 5.06. The summed E-state index contributed by atoms with van der Waals surface area (Å²) in [6.45, 7) is 4.22. The van der Waals surface area contributed by atoms with E-state index >= 15 is 0 Å². The van der Waals surface area contributed by atoms with Gasteiger partial charge in [0.05, 0.1) is 34.8 Å². The SMILES string of the molecule is CC(C)N1C[C@@H](F)[C@H](N2C(=O)S/C(=C\c3ccc4c(cnn4Cc4ccc(Cl)cc4C(F)(F)F)c3)C2=O)C1. The second-order valence-electron chi connectivity index (χ2n) is 9.60. The van der Waals surface area contributed by atoms with Crippen molar-refractivity contribution in [3.05, 3.63) is 69.2 Å². The lowest BCUT2D eigenvalue weighted by Gasteiger charge is -2.23. The Morgan fingerprint density at radius 1 is 1.16 bits per heavy atom.